The summed E-state index contributed by atoms with van der Waals surface area (Å²) in [6.45, 7) is 3.37. The summed E-state index contributed by atoms with van der Waals surface area (Å²) in [5, 5.41) is 12.4. The molecule has 0 unspecified atom stereocenters. The third-order valence-electron chi connectivity index (χ3n) is 2.14. The number of aliphatic hydroxyl groups is 1. The van der Waals surface area contributed by atoms with Crippen LogP contribution in [0.4, 0.5) is 0 Å². The monoisotopic (exact) mass is 291 g/mol. The smallest absolute Gasteiger partial charge is 0.260 e. The van der Waals surface area contributed by atoms with Gasteiger partial charge >= 0.3 is 0 Å². The third kappa shape index (κ3) is 4.72. The molecule has 1 aromatic carbocycles. The molecule has 18 heavy (non-hydrogen) atoms. The number of benzene rings is 1. The van der Waals surface area contributed by atoms with E-state index < -0.39 is 12.2 Å². The van der Waals surface area contributed by atoms with Crippen molar-refractivity contribution in [3.8, 4) is 5.75 Å². The predicted octanol–water partition coefficient (Wildman–Crippen LogP) is 2.26. The Morgan fingerprint density at radius 3 is 2.67 bits per heavy atom. The molecule has 2 N–H and O–H groups in total. The van der Waals surface area contributed by atoms with Crippen LogP contribution in [0.25, 0.3) is 0 Å². The summed E-state index contributed by atoms with van der Waals surface area (Å²) in [7, 11) is 0. The fourth-order valence-electron chi connectivity index (χ4n) is 1.21. The van der Waals surface area contributed by atoms with Crippen molar-refractivity contribution < 1.29 is 14.6 Å². The number of aliphatic hydroxyl groups excluding tert-OH is 1. The third-order valence-corrected chi connectivity index (χ3v) is 2.67. The number of rotatable bonds is 5. The highest BCUT2D eigenvalue weighted by Crippen LogP contribution is 2.28. The van der Waals surface area contributed by atoms with E-state index in [-0.39, 0.29) is 12.5 Å². The lowest BCUT2D eigenvalue weighted by Crippen LogP contribution is -2.39. The van der Waals surface area contributed by atoms with Crippen LogP contribution in [0.1, 0.15) is 13.8 Å². The van der Waals surface area contributed by atoms with Gasteiger partial charge in [0.1, 0.15) is 5.75 Å². The average Bonchev–Trinajstić information content (AvgIpc) is 2.29. The van der Waals surface area contributed by atoms with Gasteiger partial charge in [-0.2, -0.15) is 0 Å². The minimum absolute atomic E-state index is 0.181. The topological polar surface area (TPSA) is 58.6 Å². The van der Waals surface area contributed by atoms with E-state index in [4.69, 9.17) is 33.0 Å². The summed E-state index contributed by atoms with van der Waals surface area (Å²) in [5.41, 5.74) is 0. The quantitative estimate of drug-likeness (QED) is 0.875. The number of amides is 1. The summed E-state index contributed by atoms with van der Waals surface area (Å²) in [6, 6.07) is 4.77. The molecule has 2 atom stereocenters. The zero-order valence-corrected chi connectivity index (χ0v) is 11.6. The van der Waals surface area contributed by atoms with Crippen molar-refractivity contribution in [2.24, 2.45) is 0 Å². The molecule has 0 saturated heterocycles. The molecule has 0 spiro atoms. The van der Waals surface area contributed by atoms with E-state index in [0.717, 1.165) is 0 Å². The van der Waals surface area contributed by atoms with Crippen molar-refractivity contribution in [1.29, 1.82) is 0 Å². The minimum atomic E-state index is -0.706. The Kier molecular flexibility index (Phi) is 5.72. The van der Waals surface area contributed by atoms with Crippen molar-refractivity contribution in [2.75, 3.05) is 6.54 Å². The van der Waals surface area contributed by atoms with Crippen LogP contribution in [0.2, 0.25) is 10.0 Å². The van der Waals surface area contributed by atoms with Crippen LogP contribution in [0.3, 0.4) is 0 Å². The highest BCUT2D eigenvalue weighted by Gasteiger charge is 2.16. The Morgan fingerprint density at radius 1 is 1.44 bits per heavy atom. The Hall–Kier alpha value is -0.970. The molecule has 0 fully saturated rings. The second-order valence-electron chi connectivity index (χ2n) is 3.93. The summed E-state index contributed by atoms with van der Waals surface area (Å²) in [5.74, 6) is 0.0719. The molecule has 0 heterocycles. The van der Waals surface area contributed by atoms with Gasteiger partial charge in [0.2, 0.25) is 0 Å². The van der Waals surface area contributed by atoms with Gasteiger partial charge in [0, 0.05) is 11.6 Å². The van der Waals surface area contributed by atoms with Crippen LogP contribution in [-0.4, -0.2) is 29.8 Å². The fourth-order valence-corrected chi connectivity index (χ4v) is 1.66. The Bertz CT molecular complexity index is 424. The van der Waals surface area contributed by atoms with Crippen molar-refractivity contribution in [3.63, 3.8) is 0 Å². The molecular formula is C12H15Cl2NO3. The highest BCUT2D eigenvalue weighted by atomic mass is 35.5. The molecule has 0 aromatic heterocycles. The van der Waals surface area contributed by atoms with Gasteiger partial charge in [-0.05, 0) is 32.0 Å². The molecule has 0 aliphatic carbocycles. The highest BCUT2D eigenvalue weighted by molar-refractivity contribution is 6.35. The largest absolute Gasteiger partial charge is 0.479 e. The molecule has 1 rings (SSSR count). The van der Waals surface area contributed by atoms with Crippen LogP contribution in [0, 0.1) is 0 Å². The van der Waals surface area contributed by atoms with Gasteiger partial charge < -0.3 is 15.2 Å². The van der Waals surface area contributed by atoms with Gasteiger partial charge in [-0.3, -0.25) is 4.79 Å². The maximum atomic E-state index is 11.6. The van der Waals surface area contributed by atoms with E-state index in [1.807, 2.05) is 0 Å². The van der Waals surface area contributed by atoms with Gasteiger partial charge in [0.25, 0.3) is 5.91 Å². The summed E-state index contributed by atoms with van der Waals surface area (Å²) in [4.78, 5) is 11.6. The van der Waals surface area contributed by atoms with E-state index in [9.17, 15) is 4.79 Å². The zero-order valence-electron chi connectivity index (χ0n) is 10.1. The summed E-state index contributed by atoms with van der Waals surface area (Å²) < 4.78 is 5.41. The second kappa shape index (κ2) is 6.83. The number of nitrogens with one attached hydrogen (secondary N) is 1. The van der Waals surface area contributed by atoms with Gasteiger partial charge in [-0.1, -0.05) is 23.2 Å². The molecule has 0 aliphatic rings. The zero-order chi connectivity index (χ0) is 13.7. The van der Waals surface area contributed by atoms with E-state index in [1.165, 1.54) is 0 Å². The molecule has 0 aliphatic heterocycles. The SMILES string of the molecule is C[C@@H](O)CNC(=O)[C@@H](C)Oc1ccc(Cl)cc1Cl. The maximum absolute atomic E-state index is 11.6. The number of carbonyl (C=O) groups excluding carboxylic acids is 1. The molecule has 0 saturated carbocycles. The minimum Gasteiger partial charge on any atom is -0.479 e. The second-order valence-corrected chi connectivity index (χ2v) is 4.77. The molecule has 4 nitrogen and oxygen atoms in total. The van der Waals surface area contributed by atoms with Crippen LogP contribution in [-0.2, 0) is 4.79 Å². The van der Waals surface area contributed by atoms with E-state index in [2.05, 4.69) is 5.32 Å². The molecule has 0 bridgehead atoms. The van der Waals surface area contributed by atoms with Crippen molar-refractivity contribution >= 4 is 29.1 Å². The Morgan fingerprint density at radius 2 is 2.11 bits per heavy atom. The molecule has 1 amide bonds. The van der Waals surface area contributed by atoms with Gasteiger partial charge in [-0.15, -0.1) is 0 Å². The normalized spacial score (nSPS) is 13.8. The predicted molar refractivity (Wildman–Crippen MR) is 71.2 cm³/mol. The molecule has 1 aromatic rings. The van der Waals surface area contributed by atoms with Crippen molar-refractivity contribution in [3.05, 3.63) is 28.2 Å². The Balaban J connectivity index is 2.58. The van der Waals surface area contributed by atoms with Crippen LogP contribution in [0.15, 0.2) is 18.2 Å². The molecule has 6 heteroatoms. The number of hydrogen-bond acceptors (Lipinski definition) is 3. The lowest BCUT2D eigenvalue weighted by molar-refractivity contribution is -0.127. The number of ether oxygens (including phenoxy) is 1. The first kappa shape index (κ1) is 15.1. The van der Waals surface area contributed by atoms with Crippen LogP contribution in [0.5, 0.6) is 5.75 Å². The average molecular weight is 292 g/mol. The van der Waals surface area contributed by atoms with Crippen LogP contribution < -0.4 is 10.1 Å². The van der Waals surface area contributed by atoms with Gasteiger partial charge in [0.15, 0.2) is 6.10 Å². The first-order chi connectivity index (χ1) is 8.40. The van der Waals surface area contributed by atoms with E-state index in [0.29, 0.717) is 15.8 Å². The van der Waals surface area contributed by atoms with Gasteiger partial charge in [-0.25, -0.2) is 0 Å². The summed E-state index contributed by atoms with van der Waals surface area (Å²) in [6.07, 6.45) is -1.30. The first-order valence-electron chi connectivity index (χ1n) is 5.47. The van der Waals surface area contributed by atoms with Crippen molar-refractivity contribution in [2.45, 2.75) is 26.1 Å². The first-order valence-corrected chi connectivity index (χ1v) is 6.23. The van der Waals surface area contributed by atoms with Crippen molar-refractivity contribution in [1.82, 2.24) is 5.32 Å². The lowest BCUT2D eigenvalue weighted by Gasteiger charge is -2.16. The molecule has 100 valence electrons. The lowest BCUT2D eigenvalue weighted by atomic mass is 10.3. The molecular weight excluding hydrogens is 277 g/mol. The van der Waals surface area contributed by atoms with Crippen LogP contribution >= 0.6 is 23.2 Å². The number of hydrogen-bond donors (Lipinski definition) is 2. The Labute approximate surface area is 116 Å². The maximum Gasteiger partial charge on any atom is 0.260 e. The fraction of sp³-hybridized carbons (Fsp3) is 0.417. The number of carbonyl (C=O) groups is 1. The number of halogens is 2. The van der Waals surface area contributed by atoms with Gasteiger partial charge in [0.05, 0.1) is 11.1 Å². The standard InChI is InChI=1S/C12H15Cl2NO3/c1-7(16)6-15-12(17)8(2)18-11-4-3-9(13)5-10(11)14/h3-5,7-8,16H,6H2,1-2H3,(H,15,17)/t7-,8-/m1/s1. The summed E-state index contributed by atoms with van der Waals surface area (Å²) >= 11 is 11.7. The van der Waals surface area contributed by atoms with E-state index in [1.54, 1.807) is 32.0 Å². The molecule has 0 radical (unpaired) electrons. The van der Waals surface area contributed by atoms with E-state index >= 15 is 0 Å².